The third-order valence-electron chi connectivity index (χ3n) is 0.298. The molecule has 0 saturated carbocycles. The number of ketones is 1. The van der Waals surface area contributed by atoms with E-state index in [0.29, 0.717) is 0 Å². The zero-order valence-corrected chi connectivity index (χ0v) is 3.44. The van der Waals surface area contributed by atoms with Gasteiger partial charge in [-0.1, -0.05) is 0 Å². The Labute approximate surface area is 35.5 Å². The van der Waals surface area contributed by atoms with Gasteiger partial charge in [0.1, 0.15) is 0 Å². The van der Waals surface area contributed by atoms with Crippen LogP contribution in [0.15, 0.2) is 12.4 Å². The number of rotatable bonds is 1. The molecular formula is C4H5FO. The van der Waals surface area contributed by atoms with E-state index in [2.05, 4.69) is 0 Å². The fraction of sp³-hybridized carbons (Fsp3) is 0.250. The van der Waals surface area contributed by atoms with Crippen LogP contribution in [0.1, 0.15) is 6.92 Å². The number of hydrogen-bond donors (Lipinski definition) is 0. The minimum absolute atomic E-state index is 0.225. The molecule has 0 aliphatic rings. The maximum Gasteiger partial charge on any atom is 0.154 e. The molecule has 0 saturated heterocycles. The highest BCUT2D eigenvalue weighted by Gasteiger charge is 1.75. The van der Waals surface area contributed by atoms with Gasteiger partial charge < -0.3 is 0 Å². The van der Waals surface area contributed by atoms with Crippen LogP contribution in [0.5, 0.6) is 0 Å². The second-order valence-corrected chi connectivity index (χ2v) is 0.903. The summed E-state index contributed by atoms with van der Waals surface area (Å²) in [7, 11) is 0. The highest BCUT2D eigenvalue weighted by Crippen LogP contribution is 1.72. The smallest absolute Gasteiger partial charge is 0.154 e. The fourth-order valence-corrected chi connectivity index (χ4v) is 0.0887. The van der Waals surface area contributed by atoms with Crippen molar-refractivity contribution in [1.82, 2.24) is 0 Å². The SMILES string of the molecule is CC(=O)/C=C\F. The minimum Gasteiger partial charge on any atom is -0.295 e. The third-order valence-corrected chi connectivity index (χ3v) is 0.298. The maximum atomic E-state index is 10.8. The van der Waals surface area contributed by atoms with Gasteiger partial charge >= 0.3 is 0 Å². The van der Waals surface area contributed by atoms with Crippen molar-refractivity contribution in [3.05, 3.63) is 12.4 Å². The molecule has 2 heteroatoms. The first kappa shape index (κ1) is 5.34. The summed E-state index contributed by atoms with van der Waals surface area (Å²) in [6.45, 7) is 1.29. The largest absolute Gasteiger partial charge is 0.295 e. The van der Waals surface area contributed by atoms with Crippen LogP contribution in [0.25, 0.3) is 0 Å². The Morgan fingerprint density at radius 1 is 1.83 bits per heavy atom. The number of hydrogen-bond acceptors (Lipinski definition) is 1. The van der Waals surface area contributed by atoms with Gasteiger partial charge in [0.05, 0.1) is 6.33 Å². The molecule has 0 radical (unpaired) electrons. The third kappa shape index (κ3) is 3.34. The number of carbonyl (C=O) groups excluding carboxylic acids is 1. The lowest BCUT2D eigenvalue weighted by Gasteiger charge is -1.66. The van der Waals surface area contributed by atoms with E-state index in [0.717, 1.165) is 6.08 Å². The standard InChI is InChI=1S/C4H5FO/c1-4(6)2-3-5/h2-3H,1H3/b3-2-. The summed E-state index contributed by atoms with van der Waals surface area (Å²) in [5.74, 6) is -0.266. The van der Waals surface area contributed by atoms with E-state index >= 15 is 0 Å². The quantitative estimate of drug-likeness (QED) is 0.438. The van der Waals surface area contributed by atoms with Gasteiger partial charge in [0.25, 0.3) is 0 Å². The van der Waals surface area contributed by atoms with Gasteiger partial charge in [-0.25, -0.2) is 4.39 Å². The summed E-state index contributed by atoms with van der Waals surface area (Å²) in [5.41, 5.74) is 0. The summed E-state index contributed by atoms with van der Waals surface area (Å²) < 4.78 is 10.8. The molecule has 0 N–H and O–H groups in total. The van der Waals surface area contributed by atoms with Gasteiger partial charge in [0.15, 0.2) is 5.78 Å². The van der Waals surface area contributed by atoms with Crippen LogP contribution in [-0.4, -0.2) is 5.78 Å². The molecule has 0 unspecified atom stereocenters. The Kier molecular flexibility index (Phi) is 2.29. The maximum absolute atomic E-state index is 10.8. The van der Waals surface area contributed by atoms with Crippen molar-refractivity contribution in [2.45, 2.75) is 6.92 Å². The van der Waals surface area contributed by atoms with Crippen LogP contribution >= 0.6 is 0 Å². The van der Waals surface area contributed by atoms with Crippen LogP contribution in [0, 0.1) is 0 Å². The second kappa shape index (κ2) is 2.57. The highest BCUT2D eigenvalue weighted by atomic mass is 19.1. The van der Waals surface area contributed by atoms with Crippen molar-refractivity contribution < 1.29 is 9.18 Å². The number of carbonyl (C=O) groups is 1. The van der Waals surface area contributed by atoms with Gasteiger partial charge in [0, 0.05) is 6.08 Å². The topological polar surface area (TPSA) is 17.1 Å². The predicted octanol–water partition coefficient (Wildman–Crippen LogP) is 1.06. The average molecular weight is 88.1 g/mol. The molecule has 0 bridgehead atoms. The van der Waals surface area contributed by atoms with E-state index in [1.165, 1.54) is 6.92 Å². The molecule has 0 amide bonds. The van der Waals surface area contributed by atoms with Crippen LogP contribution in [-0.2, 0) is 4.79 Å². The molecule has 0 atom stereocenters. The Hall–Kier alpha value is -0.660. The van der Waals surface area contributed by atoms with Crippen molar-refractivity contribution in [3.8, 4) is 0 Å². The van der Waals surface area contributed by atoms with Crippen LogP contribution in [0.3, 0.4) is 0 Å². The molecule has 6 heavy (non-hydrogen) atoms. The molecule has 0 aromatic carbocycles. The van der Waals surface area contributed by atoms with Crippen LogP contribution < -0.4 is 0 Å². The molecule has 1 nitrogen and oxygen atoms in total. The zero-order valence-electron chi connectivity index (χ0n) is 3.44. The Morgan fingerprint density at radius 2 is 2.33 bits per heavy atom. The Bertz CT molecular complexity index is 75.6. The zero-order chi connectivity index (χ0) is 4.99. The molecule has 0 aromatic heterocycles. The van der Waals surface area contributed by atoms with E-state index in [1.54, 1.807) is 0 Å². The minimum atomic E-state index is -0.266. The number of halogens is 1. The van der Waals surface area contributed by atoms with Crippen molar-refractivity contribution in [2.75, 3.05) is 0 Å². The van der Waals surface area contributed by atoms with Gasteiger partial charge in [-0.3, -0.25) is 4.79 Å². The molecule has 0 aliphatic heterocycles. The van der Waals surface area contributed by atoms with Crippen molar-refractivity contribution >= 4 is 5.78 Å². The normalized spacial score (nSPS) is 9.67. The first-order valence-electron chi connectivity index (χ1n) is 1.54. The molecule has 34 valence electrons. The molecular weight excluding hydrogens is 83.0 g/mol. The average Bonchev–Trinajstić information content (AvgIpc) is 1.35. The van der Waals surface area contributed by atoms with Gasteiger partial charge in [-0.05, 0) is 6.92 Å². The highest BCUT2D eigenvalue weighted by molar-refractivity contribution is 5.86. The first-order valence-corrected chi connectivity index (χ1v) is 1.54. The lowest BCUT2D eigenvalue weighted by molar-refractivity contribution is -0.112. The van der Waals surface area contributed by atoms with Crippen LogP contribution in [0.2, 0.25) is 0 Å². The van der Waals surface area contributed by atoms with E-state index in [4.69, 9.17) is 0 Å². The molecule has 0 aliphatic carbocycles. The van der Waals surface area contributed by atoms with Crippen LogP contribution in [0.4, 0.5) is 4.39 Å². The molecule has 0 heterocycles. The van der Waals surface area contributed by atoms with E-state index in [1.807, 2.05) is 0 Å². The molecule has 0 rings (SSSR count). The summed E-state index contributed by atoms with van der Waals surface area (Å²) in [5, 5.41) is 0. The lowest BCUT2D eigenvalue weighted by atomic mass is 10.5. The van der Waals surface area contributed by atoms with Gasteiger partial charge in [0.2, 0.25) is 0 Å². The first-order chi connectivity index (χ1) is 2.77. The monoisotopic (exact) mass is 88.0 g/mol. The van der Waals surface area contributed by atoms with E-state index in [-0.39, 0.29) is 12.1 Å². The second-order valence-electron chi connectivity index (χ2n) is 0.903. The van der Waals surface area contributed by atoms with Crippen molar-refractivity contribution in [3.63, 3.8) is 0 Å². The van der Waals surface area contributed by atoms with Gasteiger partial charge in [-0.15, -0.1) is 0 Å². The summed E-state index contributed by atoms with van der Waals surface area (Å²) >= 11 is 0. The van der Waals surface area contributed by atoms with Gasteiger partial charge in [-0.2, -0.15) is 0 Å². The Morgan fingerprint density at radius 3 is 2.33 bits per heavy atom. The summed E-state index contributed by atoms with van der Waals surface area (Å²) in [4.78, 5) is 9.72. The predicted molar refractivity (Wildman–Crippen MR) is 20.9 cm³/mol. The summed E-state index contributed by atoms with van der Waals surface area (Å²) in [6, 6.07) is 0. The Balaban J connectivity index is 3.30. The molecule has 0 fully saturated rings. The lowest BCUT2D eigenvalue weighted by Crippen LogP contribution is -1.75. The molecule has 0 aromatic rings. The van der Waals surface area contributed by atoms with E-state index < -0.39 is 0 Å². The van der Waals surface area contributed by atoms with Crippen molar-refractivity contribution in [1.29, 1.82) is 0 Å². The van der Waals surface area contributed by atoms with E-state index in [9.17, 15) is 9.18 Å². The molecule has 0 spiro atoms. The van der Waals surface area contributed by atoms with Crippen molar-refractivity contribution in [2.24, 2.45) is 0 Å². The fourth-order valence-electron chi connectivity index (χ4n) is 0.0887. The number of allylic oxidation sites excluding steroid dienone is 1. The summed E-state index contributed by atoms with van der Waals surface area (Å²) in [6.07, 6.45) is 1.09.